The molecule has 1 fully saturated rings. The van der Waals surface area contributed by atoms with Gasteiger partial charge >= 0.3 is 0 Å². The Morgan fingerprint density at radius 1 is 0.842 bits per heavy atom. The zero-order valence-electron chi connectivity index (χ0n) is 23.4. The molecule has 1 nitrogen and oxygen atoms in total. The standard InChI is InChI=1S/C34H47ClF2O/c1-2-3-13-29(35)24-38-30-20-18-27(19-21-30)32-23-28-17-16-26(22-31(28)33(36)34(32)37)12-10-8-6-4-5-7-9-11-25-14-15-25/h18-21,23,25-26,29H,2-17,22,24H2,1H3. The first-order valence-electron chi connectivity index (χ1n) is 15.4. The number of hydrogen-bond donors (Lipinski definition) is 0. The second-order valence-corrected chi connectivity index (χ2v) is 12.5. The van der Waals surface area contributed by atoms with E-state index in [1.165, 1.54) is 64.2 Å². The van der Waals surface area contributed by atoms with Gasteiger partial charge in [-0.1, -0.05) is 103 Å². The third-order valence-corrected chi connectivity index (χ3v) is 8.95. The number of benzene rings is 2. The number of rotatable bonds is 17. The molecule has 0 aromatic heterocycles. The van der Waals surface area contributed by atoms with E-state index in [4.69, 9.17) is 16.3 Å². The lowest BCUT2D eigenvalue weighted by atomic mass is 9.80. The molecule has 0 radical (unpaired) electrons. The van der Waals surface area contributed by atoms with Crippen LogP contribution in [0.3, 0.4) is 0 Å². The molecular weight excluding hydrogens is 498 g/mol. The summed E-state index contributed by atoms with van der Waals surface area (Å²) >= 11 is 6.31. The largest absolute Gasteiger partial charge is 0.492 e. The van der Waals surface area contributed by atoms with Crippen LogP contribution in [0.15, 0.2) is 30.3 Å². The zero-order chi connectivity index (χ0) is 26.7. The maximum absolute atomic E-state index is 15.2. The third kappa shape index (κ3) is 8.97. The van der Waals surface area contributed by atoms with Crippen molar-refractivity contribution in [3.63, 3.8) is 0 Å². The van der Waals surface area contributed by atoms with Crippen molar-refractivity contribution in [2.45, 2.75) is 121 Å². The fraction of sp³-hybridized carbons (Fsp3) is 0.647. The highest BCUT2D eigenvalue weighted by Crippen LogP contribution is 2.37. The number of unbranched alkanes of at least 4 members (excludes halogenated alkanes) is 7. The van der Waals surface area contributed by atoms with Gasteiger partial charge in [0.25, 0.3) is 0 Å². The SMILES string of the molecule is CCCCC(Cl)COc1ccc(-c2cc3c(c(F)c2F)CC(CCCCCCCCCC2CC2)CC3)cc1. The van der Waals surface area contributed by atoms with Crippen LogP contribution in [0.4, 0.5) is 8.78 Å². The molecule has 0 heterocycles. The number of ether oxygens (including phenoxy) is 1. The lowest BCUT2D eigenvalue weighted by molar-refractivity contribution is 0.308. The molecule has 4 rings (SSSR count). The molecule has 0 N–H and O–H groups in total. The number of fused-ring (bicyclic) bond motifs is 1. The van der Waals surface area contributed by atoms with E-state index in [9.17, 15) is 0 Å². The van der Waals surface area contributed by atoms with E-state index in [1.807, 2.05) is 30.3 Å². The average molecular weight is 545 g/mol. The summed E-state index contributed by atoms with van der Waals surface area (Å²) in [5, 5.41) is -0.0167. The Labute approximate surface area is 234 Å². The Morgan fingerprint density at radius 2 is 1.50 bits per heavy atom. The molecule has 0 amide bonds. The quantitative estimate of drug-likeness (QED) is 0.142. The molecule has 2 aromatic rings. The van der Waals surface area contributed by atoms with Crippen molar-refractivity contribution in [2.75, 3.05) is 6.61 Å². The van der Waals surface area contributed by atoms with E-state index in [-0.39, 0.29) is 5.38 Å². The van der Waals surface area contributed by atoms with Crippen LogP contribution in [0.2, 0.25) is 0 Å². The lowest BCUT2D eigenvalue weighted by Crippen LogP contribution is -2.17. The fourth-order valence-corrected chi connectivity index (χ4v) is 6.17. The van der Waals surface area contributed by atoms with Crippen molar-refractivity contribution in [2.24, 2.45) is 11.8 Å². The molecule has 2 aliphatic carbocycles. The van der Waals surface area contributed by atoms with Crippen molar-refractivity contribution >= 4 is 11.6 Å². The smallest absolute Gasteiger partial charge is 0.166 e. The van der Waals surface area contributed by atoms with Crippen LogP contribution in [0.5, 0.6) is 5.75 Å². The Kier molecular flexibility index (Phi) is 11.8. The van der Waals surface area contributed by atoms with Gasteiger partial charge in [0.1, 0.15) is 12.4 Å². The average Bonchev–Trinajstić information content (AvgIpc) is 3.77. The second kappa shape index (κ2) is 15.2. The third-order valence-electron chi connectivity index (χ3n) is 8.60. The summed E-state index contributed by atoms with van der Waals surface area (Å²) in [7, 11) is 0. The Balaban J connectivity index is 1.22. The van der Waals surface area contributed by atoms with Gasteiger partial charge in [-0.05, 0) is 72.4 Å². The Hall–Kier alpha value is -1.61. The van der Waals surface area contributed by atoms with Crippen LogP contribution in [-0.2, 0) is 12.8 Å². The van der Waals surface area contributed by atoms with Gasteiger partial charge in [0.05, 0.1) is 5.38 Å². The molecule has 2 aliphatic rings. The van der Waals surface area contributed by atoms with Gasteiger partial charge in [-0.3, -0.25) is 0 Å². The van der Waals surface area contributed by atoms with E-state index >= 15 is 8.78 Å². The zero-order valence-corrected chi connectivity index (χ0v) is 24.1. The van der Waals surface area contributed by atoms with Gasteiger partial charge in [0, 0.05) is 5.56 Å². The first-order chi connectivity index (χ1) is 18.5. The molecule has 2 atom stereocenters. The van der Waals surface area contributed by atoms with E-state index < -0.39 is 11.6 Å². The van der Waals surface area contributed by atoms with E-state index in [0.29, 0.717) is 41.4 Å². The molecule has 210 valence electrons. The molecular formula is C34H47ClF2O. The number of halogens is 3. The van der Waals surface area contributed by atoms with Crippen LogP contribution >= 0.6 is 11.6 Å². The number of aryl methyl sites for hydroxylation is 1. The number of hydrogen-bond acceptors (Lipinski definition) is 1. The van der Waals surface area contributed by atoms with Crippen LogP contribution < -0.4 is 4.74 Å². The van der Waals surface area contributed by atoms with Crippen molar-refractivity contribution in [3.05, 3.63) is 53.1 Å². The monoisotopic (exact) mass is 544 g/mol. The van der Waals surface area contributed by atoms with Crippen molar-refractivity contribution in [3.8, 4) is 16.9 Å². The molecule has 0 saturated heterocycles. The topological polar surface area (TPSA) is 9.23 Å². The predicted octanol–water partition coefficient (Wildman–Crippen LogP) is 10.8. The minimum absolute atomic E-state index is 0.0167. The van der Waals surface area contributed by atoms with Gasteiger partial charge in [-0.25, -0.2) is 8.78 Å². The summed E-state index contributed by atoms with van der Waals surface area (Å²) in [5.74, 6) is 0.873. The molecule has 2 unspecified atom stereocenters. The van der Waals surface area contributed by atoms with Gasteiger partial charge in [0.15, 0.2) is 11.6 Å². The molecule has 0 aliphatic heterocycles. The molecule has 1 saturated carbocycles. The first-order valence-corrected chi connectivity index (χ1v) is 15.9. The summed E-state index contributed by atoms with van der Waals surface area (Å²) in [6.45, 7) is 2.59. The van der Waals surface area contributed by atoms with Gasteiger partial charge in [0.2, 0.25) is 0 Å². The normalized spacial score (nSPS) is 17.8. The summed E-state index contributed by atoms with van der Waals surface area (Å²) < 4.78 is 36.2. The highest BCUT2D eigenvalue weighted by atomic mass is 35.5. The van der Waals surface area contributed by atoms with Crippen LogP contribution in [0.25, 0.3) is 11.1 Å². The minimum Gasteiger partial charge on any atom is -0.492 e. The summed E-state index contributed by atoms with van der Waals surface area (Å²) in [6.07, 6.45) is 20.6. The lowest BCUT2D eigenvalue weighted by Gasteiger charge is -2.26. The molecule has 38 heavy (non-hydrogen) atoms. The van der Waals surface area contributed by atoms with Gasteiger partial charge in [-0.2, -0.15) is 0 Å². The molecule has 4 heteroatoms. The Morgan fingerprint density at radius 3 is 2.16 bits per heavy atom. The van der Waals surface area contributed by atoms with E-state index in [0.717, 1.165) is 50.0 Å². The highest BCUT2D eigenvalue weighted by Gasteiger charge is 2.26. The molecule has 2 aromatic carbocycles. The predicted molar refractivity (Wildman–Crippen MR) is 156 cm³/mol. The van der Waals surface area contributed by atoms with Crippen molar-refractivity contribution in [1.29, 1.82) is 0 Å². The minimum atomic E-state index is -0.722. The van der Waals surface area contributed by atoms with Gasteiger partial charge < -0.3 is 4.74 Å². The van der Waals surface area contributed by atoms with Gasteiger partial charge in [-0.15, -0.1) is 11.6 Å². The molecule has 0 spiro atoms. The number of alkyl halides is 1. The summed E-state index contributed by atoms with van der Waals surface area (Å²) in [6, 6.07) is 9.14. The summed E-state index contributed by atoms with van der Waals surface area (Å²) in [4.78, 5) is 0. The highest BCUT2D eigenvalue weighted by molar-refractivity contribution is 6.20. The van der Waals surface area contributed by atoms with Crippen molar-refractivity contribution in [1.82, 2.24) is 0 Å². The Bertz CT molecular complexity index is 985. The van der Waals surface area contributed by atoms with Crippen molar-refractivity contribution < 1.29 is 13.5 Å². The fourth-order valence-electron chi connectivity index (χ4n) is 5.95. The maximum Gasteiger partial charge on any atom is 0.166 e. The maximum atomic E-state index is 15.2. The second-order valence-electron chi connectivity index (χ2n) is 11.9. The van der Waals surface area contributed by atoms with E-state index in [1.54, 1.807) is 0 Å². The van der Waals surface area contributed by atoms with Crippen LogP contribution in [-0.4, -0.2) is 12.0 Å². The van der Waals surface area contributed by atoms with Crippen LogP contribution in [0, 0.1) is 23.5 Å². The van der Waals surface area contributed by atoms with Crippen LogP contribution in [0.1, 0.15) is 114 Å². The summed E-state index contributed by atoms with van der Waals surface area (Å²) in [5.41, 5.74) is 2.61. The molecule has 0 bridgehead atoms. The van der Waals surface area contributed by atoms with E-state index in [2.05, 4.69) is 6.92 Å². The first kappa shape index (κ1) is 29.4.